The molecule has 3 nitrogen and oxygen atoms in total. The lowest BCUT2D eigenvalue weighted by molar-refractivity contribution is 0.327. The monoisotopic (exact) mass is 261 g/mol. The van der Waals surface area contributed by atoms with Crippen molar-refractivity contribution in [1.82, 2.24) is 4.98 Å². The zero-order valence-corrected chi connectivity index (χ0v) is 12.3. The lowest BCUT2D eigenvalue weighted by Gasteiger charge is -2.29. The Morgan fingerprint density at radius 1 is 1.21 bits per heavy atom. The molecule has 1 aliphatic carbocycles. The number of hydrogen-bond donors (Lipinski definition) is 2. The average Bonchev–Trinajstić information content (AvgIpc) is 2.46. The molecule has 2 atom stereocenters. The first-order valence-corrected chi connectivity index (χ1v) is 7.79. The Labute approximate surface area is 117 Å². The van der Waals surface area contributed by atoms with E-state index in [9.17, 15) is 0 Å². The van der Waals surface area contributed by atoms with Gasteiger partial charge in [0.15, 0.2) is 0 Å². The number of nitrogens with zero attached hydrogens (tertiary/aromatic N) is 1. The van der Waals surface area contributed by atoms with Crippen LogP contribution in [0.1, 0.15) is 52.4 Å². The SMILES string of the molecule is CCCNc1cccc(NC2CCCC(CC)C2)n1. The number of anilines is 2. The van der Waals surface area contributed by atoms with Crippen LogP contribution < -0.4 is 10.6 Å². The van der Waals surface area contributed by atoms with Crippen molar-refractivity contribution >= 4 is 11.6 Å². The Morgan fingerprint density at radius 3 is 2.84 bits per heavy atom. The van der Waals surface area contributed by atoms with Crippen LogP contribution in [0.15, 0.2) is 18.2 Å². The molecule has 1 aromatic heterocycles. The molecule has 1 heterocycles. The summed E-state index contributed by atoms with van der Waals surface area (Å²) in [5, 5.41) is 6.95. The average molecular weight is 261 g/mol. The van der Waals surface area contributed by atoms with E-state index >= 15 is 0 Å². The Kier molecular flexibility index (Phi) is 5.49. The van der Waals surface area contributed by atoms with Gasteiger partial charge in [-0.3, -0.25) is 0 Å². The van der Waals surface area contributed by atoms with Crippen molar-refractivity contribution in [2.45, 2.75) is 58.4 Å². The zero-order chi connectivity index (χ0) is 13.5. The second kappa shape index (κ2) is 7.37. The third kappa shape index (κ3) is 4.41. The van der Waals surface area contributed by atoms with E-state index in [4.69, 9.17) is 0 Å². The fraction of sp³-hybridized carbons (Fsp3) is 0.688. The molecule has 19 heavy (non-hydrogen) atoms. The highest BCUT2D eigenvalue weighted by Gasteiger charge is 2.20. The van der Waals surface area contributed by atoms with Gasteiger partial charge in [-0.1, -0.05) is 39.2 Å². The highest BCUT2D eigenvalue weighted by Crippen LogP contribution is 2.28. The molecule has 1 aliphatic rings. The molecule has 0 aliphatic heterocycles. The molecule has 0 radical (unpaired) electrons. The number of nitrogens with one attached hydrogen (secondary N) is 2. The van der Waals surface area contributed by atoms with Crippen LogP contribution in [-0.2, 0) is 0 Å². The smallest absolute Gasteiger partial charge is 0.128 e. The van der Waals surface area contributed by atoms with Crippen LogP contribution in [0.5, 0.6) is 0 Å². The van der Waals surface area contributed by atoms with Crippen LogP contribution in [0.2, 0.25) is 0 Å². The maximum Gasteiger partial charge on any atom is 0.128 e. The molecule has 106 valence electrons. The van der Waals surface area contributed by atoms with Crippen LogP contribution in [-0.4, -0.2) is 17.6 Å². The summed E-state index contributed by atoms with van der Waals surface area (Å²) in [6.07, 6.45) is 7.77. The second-order valence-electron chi connectivity index (χ2n) is 5.62. The summed E-state index contributed by atoms with van der Waals surface area (Å²) in [6.45, 7) is 5.46. The molecule has 0 saturated heterocycles. The van der Waals surface area contributed by atoms with Crippen molar-refractivity contribution in [3.63, 3.8) is 0 Å². The molecule has 0 amide bonds. The summed E-state index contributed by atoms with van der Waals surface area (Å²) in [6, 6.07) is 6.80. The first kappa shape index (κ1) is 14.2. The van der Waals surface area contributed by atoms with E-state index < -0.39 is 0 Å². The molecule has 1 aromatic rings. The summed E-state index contributed by atoms with van der Waals surface area (Å²) in [7, 11) is 0. The molecule has 1 saturated carbocycles. The van der Waals surface area contributed by atoms with Gasteiger partial charge in [-0.05, 0) is 37.3 Å². The fourth-order valence-corrected chi connectivity index (χ4v) is 2.87. The van der Waals surface area contributed by atoms with Gasteiger partial charge in [0.25, 0.3) is 0 Å². The largest absolute Gasteiger partial charge is 0.370 e. The minimum atomic E-state index is 0.604. The molecule has 1 fully saturated rings. The second-order valence-corrected chi connectivity index (χ2v) is 5.62. The Balaban J connectivity index is 1.90. The van der Waals surface area contributed by atoms with Gasteiger partial charge in [0.05, 0.1) is 0 Å². The van der Waals surface area contributed by atoms with E-state index in [1.807, 2.05) is 6.07 Å². The van der Waals surface area contributed by atoms with Crippen LogP contribution >= 0.6 is 0 Å². The topological polar surface area (TPSA) is 37.0 Å². The van der Waals surface area contributed by atoms with Gasteiger partial charge in [0, 0.05) is 12.6 Å². The third-order valence-corrected chi connectivity index (χ3v) is 4.02. The first-order chi connectivity index (χ1) is 9.31. The van der Waals surface area contributed by atoms with E-state index in [1.54, 1.807) is 0 Å². The zero-order valence-electron chi connectivity index (χ0n) is 12.3. The molecule has 2 N–H and O–H groups in total. The van der Waals surface area contributed by atoms with Crippen molar-refractivity contribution in [2.75, 3.05) is 17.2 Å². The minimum Gasteiger partial charge on any atom is -0.370 e. The summed E-state index contributed by atoms with van der Waals surface area (Å²) < 4.78 is 0. The van der Waals surface area contributed by atoms with Crippen LogP contribution in [0.25, 0.3) is 0 Å². The van der Waals surface area contributed by atoms with Crippen molar-refractivity contribution in [3.05, 3.63) is 18.2 Å². The predicted octanol–water partition coefficient (Wildman–Crippen LogP) is 4.28. The van der Waals surface area contributed by atoms with Crippen LogP contribution in [0.4, 0.5) is 11.6 Å². The van der Waals surface area contributed by atoms with E-state index in [0.29, 0.717) is 6.04 Å². The quantitative estimate of drug-likeness (QED) is 0.802. The predicted molar refractivity (Wildman–Crippen MR) is 82.7 cm³/mol. The van der Waals surface area contributed by atoms with Gasteiger partial charge in [0.2, 0.25) is 0 Å². The molecule has 0 aromatic carbocycles. The third-order valence-electron chi connectivity index (χ3n) is 4.02. The summed E-state index contributed by atoms with van der Waals surface area (Å²) in [5.74, 6) is 2.89. The fourth-order valence-electron chi connectivity index (χ4n) is 2.87. The van der Waals surface area contributed by atoms with Gasteiger partial charge < -0.3 is 10.6 Å². The number of hydrogen-bond acceptors (Lipinski definition) is 3. The maximum absolute atomic E-state index is 4.63. The standard InChI is InChI=1S/C16H27N3/c1-3-11-17-15-9-6-10-16(19-15)18-14-8-5-7-13(4-2)12-14/h6,9-10,13-14H,3-5,7-8,11-12H2,1-2H3,(H2,17,18,19). The van der Waals surface area contributed by atoms with Gasteiger partial charge in [-0.15, -0.1) is 0 Å². The van der Waals surface area contributed by atoms with Crippen LogP contribution in [0.3, 0.4) is 0 Å². The minimum absolute atomic E-state index is 0.604. The van der Waals surface area contributed by atoms with E-state index in [0.717, 1.165) is 30.5 Å². The first-order valence-electron chi connectivity index (χ1n) is 7.79. The number of aromatic nitrogens is 1. The number of pyridine rings is 1. The summed E-state index contributed by atoms with van der Waals surface area (Å²) in [4.78, 5) is 4.63. The number of rotatable bonds is 6. The normalized spacial score (nSPS) is 23.1. The maximum atomic E-state index is 4.63. The van der Waals surface area contributed by atoms with Gasteiger partial charge in [0.1, 0.15) is 11.6 Å². The molecular formula is C16H27N3. The van der Waals surface area contributed by atoms with Crippen LogP contribution in [0, 0.1) is 5.92 Å². The van der Waals surface area contributed by atoms with E-state index in [-0.39, 0.29) is 0 Å². The van der Waals surface area contributed by atoms with Gasteiger partial charge >= 0.3 is 0 Å². The summed E-state index contributed by atoms with van der Waals surface area (Å²) in [5.41, 5.74) is 0. The molecular weight excluding hydrogens is 234 g/mol. The Morgan fingerprint density at radius 2 is 2.05 bits per heavy atom. The molecule has 2 unspecified atom stereocenters. The van der Waals surface area contributed by atoms with Gasteiger partial charge in [-0.25, -0.2) is 4.98 Å². The van der Waals surface area contributed by atoms with Crippen molar-refractivity contribution < 1.29 is 0 Å². The Bertz CT molecular complexity index is 378. The van der Waals surface area contributed by atoms with E-state index in [2.05, 4.69) is 41.6 Å². The van der Waals surface area contributed by atoms with Crippen molar-refractivity contribution in [2.24, 2.45) is 5.92 Å². The Hall–Kier alpha value is -1.25. The molecule has 0 bridgehead atoms. The molecule has 0 spiro atoms. The molecule has 3 heteroatoms. The van der Waals surface area contributed by atoms with E-state index in [1.165, 1.54) is 32.1 Å². The molecule has 2 rings (SSSR count). The highest BCUT2D eigenvalue weighted by atomic mass is 15.1. The lowest BCUT2D eigenvalue weighted by Crippen LogP contribution is -2.27. The van der Waals surface area contributed by atoms with Crippen molar-refractivity contribution in [3.8, 4) is 0 Å². The summed E-state index contributed by atoms with van der Waals surface area (Å²) >= 11 is 0. The van der Waals surface area contributed by atoms with Crippen molar-refractivity contribution in [1.29, 1.82) is 0 Å². The highest BCUT2D eigenvalue weighted by molar-refractivity contribution is 5.45. The lowest BCUT2D eigenvalue weighted by atomic mass is 9.84. The van der Waals surface area contributed by atoms with Gasteiger partial charge in [-0.2, -0.15) is 0 Å².